The van der Waals surface area contributed by atoms with E-state index < -0.39 is 6.09 Å². The van der Waals surface area contributed by atoms with Crippen LogP contribution < -0.4 is 10.6 Å². The molecule has 23 heavy (non-hydrogen) atoms. The number of benzene rings is 1. The first kappa shape index (κ1) is 17.3. The fraction of sp³-hybridized carbons (Fsp3) is 0.250. The van der Waals surface area contributed by atoms with Crippen molar-refractivity contribution in [2.45, 2.75) is 6.92 Å². The van der Waals surface area contributed by atoms with Gasteiger partial charge in [-0.05, 0) is 59.8 Å². The van der Waals surface area contributed by atoms with Crippen LogP contribution in [0.3, 0.4) is 0 Å². The van der Waals surface area contributed by atoms with Gasteiger partial charge in [0.2, 0.25) is 0 Å². The van der Waals surface area contributed by atoms with Gasteiger partial charge < -0.3 is 19.9 Å². The van der Waals surface area contributed by atoms with Crippen molar-refractivity contribution in [3.05, 3.63) is 51.9 Å². The lowest BCUT2D eigenvalue weighted by atomic mass is 10.3. The van der Waals surface area contributed by atoms with E-state index in [0.29, 0.717) is 25.4 Å². The summed E-state index contributed by atoms with van der Waals surface area (Å²) >= 11 is 2.23. The minimum Gasteiger partial charge on any atom is -0.450 e. The van der Waals surface area contributed by atoms with E-state index in [2.05, 4.69) is 33.2 Å². The van der Waals surface area contributed by atoms with Crippen LogP contribution in [0.2, 0.25) is 0 Å². The van der Waals surface area contributed by atoms with Crippen LogP contribution >= 0.6 is 22.6 Å². The van der Waals surface area contributed by atoms with Gasteiger partial charge in [-0.25, -0.2) is 4.79 Å². The molecule has 2 N–H and O–H groups in total. The summed E-state index contributed by atoms with van der Waals surface area (Å²) in [4.78, 5) is 23.4. The Balaban J connectivity index is 1.94. The van der Waals surface area contributed by atoms with E-state index in [1.165, 1.54) is 0 Å². The maximum absolute atomic E-state index is 12.3. The minimum absolute atomic E-state index is 0.195. The van der Waals surface area contributed by atoms with Gasteiger partial charge in [-0.3, -0.25) is 4.79 Å². The Kier molecular flexibility index (Phi) is 6.45. The normalized spacial score (nSPS) is 10.2. The van der Waals surface area contributed by atoms with Gasteiger partial charge >= 0.3 is 6.09 Å². The molecule has 0 fully saturated rings. The van der Waals surface area contributed by atoms with E-state index in [0.717, 1.165) is 9.26 Å². The topological polar surface area (TPSA) is 72.4 Å². The van der Waals surface area contributed by atoms with Gasteiger partial charge in [-0.2, -0.15) is 0 Å². The van der Waals surface area contributed by atoms with E-state index >= 15 is 0 Å². The fourth-order valence-electron chi connectivity index (χ4n) is 2.03. The van der Waals surface area contributed by atoms with Crippen LogP contribution in [0.25, 0.3) is 5.69 Å². The van der Waals surface area contributed by atoms with Crippen LogP contribution in [0, 0.1) is 3.57 Å². The van der Waals surface area contributed by atoms with Crippen molar-refractivity contribution in [3.8, 4) is 5.69 Å². The van der Waals surface area contributed by atoms with Gasteiger partial charge in [0.15, 0.2) is 0 Å². The van der Waals surface area contributed by atoms with Crippen LogP contribution in [0.5, 0.6) is 0 Å². The average molecular weight is 427 g/mol. The third-order valence-corrected chi connectivity index (χ3v) is 3.69. The third-order valence-electron chi connectivity index (χ3n) is 3.02. The molecule has 0 aliphatic rings. The molecule has 1 aromatic heterocycles. The first-order valence-electron chi connectivity index (χ1n) is 7.24. The molecule has 7 heteroatoms. The van der Waals surface area contributed by atoms with E-state index in [-0.39, 0.29) is 5.91 Å². The van der Waals surface area contributed by atoms with Gasteiger partial charge in [0, 0.05) is 28.5 Å². The zero-order valence-corrected chi connectivity index (χ0v) is 14.9. The van der Waals surface area contributed by atoms with Crippen LogP contribution in [-0.2, 0) is 4.74 Å². The minimum atomic E-state index is -0.482. The highest BCUT2D eigenvalue weighted by Crippen LogP contribution is 2.15. The molecule has 1 heterocycles. The summed E-state index contributed by atoms with van der Waals surface area (Å²) in [5, 5.41) is 5.33. The van der Waals surface area contributed by atoms with Gasteiger partial charge in [0.25, 0.3) is 5.91 Å². The molecule has 1 aromatic carbocycles. The molecule has 0 aliphatic heterocycles. The molecule has 0 saturated heterocycles. The Bertz CT molecular complexity index is 685. The van der Waals surface area contributed by atoms with Gasteiger partial charge in [0.05, 0.1) is 6.61 Å². The number of nitrogens with zero attached hydrogens (tertiary/aromatic N) is 1. The maximum atomic E-state index is 12.3. The standard InChI is InChI=1S/C16H18IN3O3/c1-2-23-16(22)19-9-8-18-15(21)14-7-4-10-20(14)13-6-3-5-12(17)11-13/h3-7,10-11H,2,8-9H2,1H3,(H,18,21)(H,19,22). The maximum Gasteiger partial charge on any atom is 0.407 e. The van der Waals surface area contributed by atoms with Crippen molar-refractivity contribution in [2.24, 2.45) is 0 Å². The Morgan fingerprint density at radius 2 is 1.96 bits per heavy atom. The number of hydrogen-bond donors (Lipinski definition) is 2. The fourth-order valence-corrected chi connectivity index (χ4v) is 2.56. The van der Waals surface area contributed by atoms with Crippen molar-refractivity contribution < 1.29 is 14.3 Å². The second kappa shape index (κ2) is 8.56. The van der Waals surface area contributed by atoms with E-state index in [4.69, 9.17) is 4.74 Å². The van der Waals surface area contributed by atoms with E-state index in [1.807, 2.05) is 41.1 Å². The lowest BCUT2D eigenvalue weighted by Crippen LogP contribution is -2.35. The molecule has 2 amide bonds. The third kappa shape index (κ3) is 4.98. The number of ether oxygens (including phenoxy) is 1. The van der Waals surface area contributed by atoms with E-state index in [9.17, 15) is 9.59 Å². The molecule has 2 aromatic rings. The number of nitrogens with one attached hydrogen (secondary N) is 2. The first-order valence-corrected chi connectivity index (χ1v) is 8.32. The van der Waals surface area contributed by atoms with Gasteiger partial charge in [-0.15, -0.1) is 0 Å². The number of alkyl carbamates (subject to hydrolysis) is 1. The van der Waals surface area contributed by atoms with Gasteiger partial charge in [0.1, 0.15) is 5.69 Å². The number of aromatic nitrogens is 1. The zero-order valence-electron chi connectivity index (χ0n) is 12.7. The molecule has 6 nitrogen and oxygen atoms in total. The summed E-state index contributed by atoms with van der Waals surface area (Å²) in [7, 11) is 0. The molecule has 2 rings (SSSR count). The quantitative estimate of drug-likeness (QED) is 0.550. The van der Waals surface area contributed by atoms with Crippen molar-refractivity contribution in [1.82, 2.24) is 15.2 Å². The van der Waals surface area contributed by atoms with Crippen molar-refractivity contribution in [2.75, 3.05) is 19.7 Å². The lowest BCUT2D eigenvalue weighted by molar-refractivity contribution is 0.0945. The number of carbonyl (C=O) groups excluding carboxylic acids is 2. The van der Waals surface area contributed by atoms with Crippen LogP contribution in [0.4, 0.5) is 4.79 Å². The highest BCUT2D eigenvalue weighted by molar-refractivity contribution is 14.1. The summed E-state index contributed by atoms with van der Waals surface area (Å²) in [6, 6.07) is 11.5. The van der Waals surface area contributed by atoms with Crippen LogP contribution in [0.15, 0.2) is 42.6 Å². The lowest BCUT2D eigenvalue weighted by Gasteiger charge is -2.10. The molecule has 0 saturated carbocycles. The molecule has 0 bridgehead atoms. The molecule has 0 spiro atoms. The SMILES string of the molecule is CCOC(=O)NCCNC(=O)c1cccn1-c1cccc(I)c1. The summed E-state index contributed by atoms with van der Waals surface area (Å²) < 4.78 is 7.67. The smallest absolute Gasteiger partial charge is 0.407 e. The molecular formula is C16H18IN3O3. The Morgan fingerprint density at radius 3 is 2.70 bits per heavy atom. The highest BCUT2D eigenvalue weighted by atomic mass is 127. The largest absolute Gasteiger partial charge is 0.450 e. The molecular weight excluding hydrogens is 409 g/mol. The summed E-state index contributed by atoms with van der Waals surface area (Å²) in [5.74, 6) is -0.195. The van der Waals surface area contributed by atoms with Crippen molar-refractivity contribution >= 4 is 34.6 Å². The number of rotatable bonds is 6. The molecule has 0 aliphatic carbocycles. The monoisotopic (exact) mass is 427 g/mol. The van der Waals surface area contributed by atoms with Crippen LogP contribution in [0.1, 0.15) is 17.4 Å². The Labute approximate surface area is 148 Å². The predicted octanol–water partition coefficient (Wildman–Crippen LogP) is 2.56. The average Bonchev–Trinajstić information content (AvgIpc) is 3.01. The zero-order chi connectivity index (χ0) is 16.7. The van der Waals surface area contributed by atoms with Crippen molar-refractivity contribution in [1.29, 1.82) is 0 Å². The van der Waals surface area contributed by atoms with Crippen molar-refractivity contribution in [3.63, 3.8) is 0 Å². The summed E-state index contributed by atoms with van der Waals surface area (Å²) in [5.41, 5.74) is 1.47. The molecule has 0 radical (unpaired) electrons. The summed E-state index contributed by atoms with van der Waals surface area (Å²) in [6.45, 7) is 2.70. The number of amides is 2. The predicted molar refractivity (Wildman–Crippen MR) is 95.8 cm³/mol. The second-order valence-corrected chi connectivity index (χ2v) is 5.89. The highest BCUT2D eigenvalue weighted by Gasteiger charge is 2.11. The van der Waals surface area contributed by atoms with Crippen LogP contribution in [-0.4, -0.2) is 36.3 Å². The number of halogens is 1. The Hall–Kier alpha value is -2.03. The number of carbonyl (C=O) groups is 2. The van der Waals surface area contributed by atoms with Gasteiger partial charge in [-0.1, -0.05) is 6.07 Å². The second-order valence-electron chi connectivity index (χ2n) is 4.65. The molecule has 0 unspecified atom stereocenters. The summed E-state index contributed by atoms with van der Waals surface area (Å²) in [6.07, 6.45) is 1.36. The molecule has 122 valence electrons. The Morgan fingerprint density at radius 1 is 1.17 bits per heavy atom. The first-order chi connectivity index (χ1) is 11.1. The number of hydrogen-bond acceptors (Lipinski definition) is 3. The van der Waals surface area contributed by atoms with E-state index in [1.54, 1.807) is 13.0 Å². The molecule has 0 atom stereocenters.